The van der Waals surface area contributed by atoms with Gasteiger partial charge in [-0.1, -0.05) is 23.8 Å². The first-order chi connectivity index (χ1) is 8.06. The molecule has 0 bridgehead atoms. The topological polar surface area (TPSA) is 38.0 Å². The van der Waals surface area contributed by atoms with E-state index in [0.717, 1.165) is 16.8 Å². The van der Waals surface area contributed by atoms with Gasteiger partial charge >= 0.3 is 0 Å². The molecule has 0 aliphatic rings. The Kier molecular flexibility index (Phi) is 3.29. The molecule has 2 rings (SSSR count). The van der Waals surface area contributed by atoms with E-state index in [9.17, 15) is 5.11 Å². The molecule has 1 N–H and O–H groups in total. The van der Waals surface area contributed by atoms with Gasteiger partial charge < -0.3 is 5.11 Å². The number of hydrogen-bond acceptors (Lipinski definition) is 2. The van der Waals surface area contributed by atoms with Crippen molar-refractivity contribution < 1.29 is 5.11 Å². The van der Waals surface area contributed by atoms with Crippen LogP contribution in [0.4, 0.5) is 0 Å². The van der Waals surface area contributed by atoms with Crippen LogP contribution >= 0.6 is 0 Å². The average Bonchev–Trinajstić information content (AvgIpc) is 2.63. The second-order valence-electron chi connectivity index (χ2n) is 4.56. The molecule has 1 heterocycles. The average molecular weight is 230 g/mol. The second kappa shape index (κ2) is 4.72. The highest BCUT2D eigenvalue weighted by molar-refractivity contribution is 5.32. The van der Waals surface area contributed by atoms with Crippen LogP contribution < -0.4 is 0 Å². The van der Waals surface area contributed by atoms with Crippen LogP contribution in [0, 0.1) is 13.8 Å². The van der Waals surface area contributed by atoms with E-state index in [1.54, 1.807) is 4.68 Å². The van der Waals surface area contributed by atoms with Crippen LogP contribution in [0.2, 0.25) is 0 Å². The summed E-state index contributed by atoms with van der Waals surface area (Å²) in [5.41, 5.74) is 4.26. The summed E-state index contributed by atoms with van der Waals surface area (Å²) in [7, 11) is 1.88. The van der Waals surface area contributed by atoms with Crippen molar-refractivity contribution in [3.05, 3.63) is 52.8 Å². The first-order valence-corrected chi connectivity index (χ1v) is 5.80. The molecule has 2 aromatic rings. The Morgan fingerprint density at radius 1 is 1.29 bits per heavy atom. The van der Waals surface area contributed by atoms with E-state index in [0.29, 0.717) is 6.42 Å². The number of aliphatic hydroxyl groups is 1. The van der Waals surface area contributed by atoms with Gasteiger partial charge in [0.25, 0.3) is 0 Å². The lowest BCUT2D eigenvalue weighted by molar-refractivity contribution is 0.176. The van der Waals surface area contributed by atoms with E-state index in [2.05, 4.69) is 18.1 Å². The van der Waals surface area contributed by atoms with Crippen molar-refractivity contribution in [3.63, 3.8) is 0 Å². The molecule has 90 valence electrons. The van der Waals surface area contributed by atoms with Crippen LogP contribution in [0.25, 0.3) is 0 Å². The fraction of sp³-hybridized carbons (Fsp3) is 0.357. The van der Waals surface area contributed by atoms with E-state index in [4.69, 9.17) is 0 Å². The first-order valence-electron chi connectivity index (χ1n) is 5.80. The summed E-state index contributed by atoms with van der Waals surface area (Å²) in [6.07, 6.45) is 1.97. The number of rotatable bonds is 3. The highest BCUT2D eigenvalue weighted by atomic mass is 16.3. The van der Waals surface area contributed by atoms with Crippen LogP contribution in [0.3, 0.4) is 0 Å². The summed E-state index contributed by atoms with van der Waals surface area (Å²) >= 11 is 0. The Hall–Kier alpha value is -1.61. The van der Waals surface area contributed by atoms with Gasteiger partial charge in [0.15, 0.2) is 0 Å². The maximum absolute atomic E-state index is 10.2. The van der Waals surface area contributed by atoms with Gasteiger partial charge in [0.05, 0.1) is 11.8 Å². The molecule has 0 radical (unpaired) electrons. The minimum absolute atomic E-state index is 0.481. The van der Waals surface area contributed by atoms with Gasteiger partial charge in [0.2, 0.25) is 0 Å². The fourth-order valence-electron chi connectivity index (χ4n) is 2.08. The first kappa shape index (κ1) is 11.9. The van der Waals surface area contributed by atoms with Crippen molar-refractivity contribution in [2.45, 2.75) is 26.4 Å². The van der Waals surface area contributed by atoms with Crippen LogP contribution in [0.15, 0.2) is 30.5 Å². The van der Waals surface area contributed by atoms with Crippen LogP contribution in [-0.2, 0) is 13.5 Å². The van der Waals surface area contributed by atoms with Crippen molar-refractivity contribution in [3.8, 4) is 0 Å². The number of aromatic nitrogens is 2. The van der Waals surface area contributed by atoms with Gasteiger partial charge in [0.1, 0.15) is 0 Å². The minimum Gasteiger partial charge on any atom is -0.388 e. The van der Waals surface area contributed by atoms with Gasteiger partial charge in [-0.25, -0.2) is 0 Å². The number of aryl methyl sites for hydroxylation is 3. The summed E-state index contributed by atoms with van der Waals surface area (Å²) in [4.78, 5) is 0. The van der Waals surface area contributed by atoms with Gasteiger partial charge in [-0.05, 0) is 31.0 Å². The predicted octanol–water partition coefficient (Wildman–Crippen LogP) is 2.31. The molecular formula is C14H18N2O. The van der Waals surface area contributed by atoms with Crippen molar-refractivity contribution in [1.82, 2.24) is 9.78 Å². The fourth-order valence-corrected chi connectivity index (χ4v) is 2.08. The molecule has 1 atom stereocenters. The molecule has 0 fully saturated rings. The molecule has 0 amide bonds. The number of hydrogen-bond donors (Lipinski definition) is 1. The number of aliphatic hydroxyl groups excluding tert-OH is 1. The summed E-state index contributed by atoms with van der Waals surface area (Å²) in [5, 5.41) is 14.5. The lowest BCUT2D eigenvalue weighted by Crippen LogP contribution is -2.05. The molecule has 1 aromatic carbocycles. The monoisotopic (exact) mass is 230 g/mol. The zero-order valence-corrected chi connectivity index (χ0v) is 10.5. The largest absolute Gasteiger partial charge is 0.388 e. The highest BCUT2D eigenvalue weighted by Crippen LogP contribution is 2.21. The third-order valence-electron chi connectivity index (χ3n) is 2.96. The molecule has 0 aliphatic carbocycles. The van der Waals surface area contributed by atoms with E-state index in [1.165, 1.54) is 5.56 Å². The summed E-state index contributed by atoms with van der Waals surface area (Å²) in [5.74, 6) is 0. The SMILES string of the molecule is Cc1ccc(C(O)Cc2ccn(C)n2)c(C)c1. The zero-order valence-electron chi connectivity index (χ0n) is 10.5. The lowest BCUT2D eigenvalue weighted by Gasteiger charge is -2.13. The van der Waals surface area contributed by atoms with Gasteiger partial charge in [-0.3, -0.25) is 4.68 Å². The Bertz CT molecular complexity index is 517. The summed E-state index contributed by atoms with van der Waals surface area (Å²) in [6.45, 7) is 4.09. The van der Waals surface area contributed by atoms with Crippen molar-refractivity contribution in [2.24, 2.45) is 7.05 Å². The molecule has 1 aromatic heterocycles. The number of benzene rings is 1. The number of nitrogens with zero attached hydrogens (tertiary/aromatic N) is 2. The zero-order chi connectivity index (χ0) is 12.4. The molecule has 17 heavy (non-hydrogen) atoms. The Morgan fingerprint density at radius 2 is 2.06 bits per heavy atom. The van der Waals surface area contributed by atoms with E-state index in [1.807, 2.05) is 38.4 Å². The normalized spacial score (nSPS) is 12.7. The molecule has 0 saturated carbocycles. The van der Waals surface area contributed by atoms with E-state index < -0.39 is 6.10 Å². The van der Waals surface area contributed by atoms with Crippen LogP contribution in [0.5, 0.6) is 0 Å². The maximum Gasteiger partial charge on any atom is 0.0848 e. The van der Waals surface area contributed by atoms with Gasteiger partial charge in [0, 0.05) is 19.7 Å². The Balaban J connectivity index is 2.17. The minimum atomic E-state index is -0.481. The molecule has 3 nitrogen and oxygen atoms in total. The maximum atomic E-state index is 10.2. The lowest BCUT2D eigenvalue weighted by atomic mass is 9.98. The molecular weight excluding hydrogens is 212 g/mol. The Morgan fingerprint density at radius 3 is 2.65 bits per heavy atom. The quantitative estimate of drug-likeness (QED) is 0.878. The smallest absolute Gasteiger partial charge is 0.0848 e. The summed E-state index contributed by atoms with van der Waals surface area (Å²) in [6, 6.07) is 8.06. The molecule has 3 heteroatoms. The van der Waals surface area contributed by atoms with E-state index in [-0.39, 0.29) is 0 Å². The standard InChI is InChI=1S/C14H18N2O/c1-10-4-5-13(11(2)8-10)14(17)9-12-6-7-16(3)15-12/h4-8,14,17H,9H2,1-3H3. The molecule has 0 saturated heterocycles. The van der Waals surface area contributed by atoms with Crippen molar-refractivity contribution in [1.29, 1.82) is 0 Å². The highest BCUT2D eigenvalue weighted by Gasteiger charge is 2.12. The predicted molar refractivity (Wildman–Crippen MR) is 67.8 cm³/mol. The van der Waals surface area contributed by atoms with Gasteiger partial charge in [-0.15, -0.1) is 0 Å². The Labute approximate surface area is 102 Å². The van der Waals surface area contributed by atoms with Crippen molar-refractivity contribution in [2.75, 3.05) is 0 Å². The molecule has 0 aliphatic heterocycles. The summed E-state index contributed by atoms with van der Waals surface area (Å²) < 4.78 is 1.75. The van der Waals surface area contributed by atoms with Crippen LogP contribution in [0.1, 0.15) is 28.5 Å². The second-order valence-corrected chi connectivity index (χ2v) is 4.56. The third kappa shape index (κ3) is 2.74. The molecule has 0 spiro atoms. The van der Waals surface area contributed by atoms with Crippen molar-refractivity contribution >= 4 is 0 Å². The molecule has 1 unspecified atom stereocenters. The van der Waals surface area contributed by atoms with Crippen LogP contribution in [-0.4, -0.2) is 14.9 Å². The van der Waals surface area contributed by atoms with Gasteiger partial charge in [-0.2, -0.15) is 5.10 Å². The third-order valence-corrected chi connectivity index (χ3v) is 2.96. The van der Waals surface area contributed by atoms with E-state index >= 15 is 0 Å².